The quantitative estimate of drug-likeness (QED) is 0.458. The van der Waals surface area contributed by atoms with Gasteiger partial charge in [-0.3, -0.25) is 14.6 Å². The number of hydrogen-bond acceptors (Lipinski definition) is 5. The zero-order valence-corrected chi connectivity index (χ0v) is 18.9. The van der Waals surface area contributed by atoms with Gasteiger partial charge in [-0.15, -0.1) is 0 Å². The third-order valence-corrected chi connectivity index (χ3v) is 5.54. The van der Waals surface area contributed by atoms with E-state index in [0.29, 0.717) is 17.9 Å². The van der Waals surface area contributed by atoms with Crippen molar-refractivity contribution in [3.63, 3.8) is 0 Å². The number of allylic oxidation sites excluding steroid dienone is 1. The Balaban J connectivity index is 1.69. The number of nitrogens with zero attached hydrogens (tertiary/aromatic N) is 2. The van der Waals surface area contributed by atoms with E-state index < -0.39 is 23.5 Å². The van der Waals surface area contributed by atoms with E-state index in [-0.39, 0.29) is 12.1 Å². The van der Waals surface area contributed by atoms with Crippen LogP contribution in [0.25, 0.3) is 6.08 Å². The van der Waals surface area contributed by atoms with Crippen molar-refractivity contribution in [3.05, 3.63) is 113 Å². The van der Waals surface area contributed by atoms with Crippen LogP contribution < -0.4 is 4.74 Å². The van der Waals surface area contributed by atoms with Crippen LogP contribution in [-0.2, 0) is 16.1 Å². The molecule has 172 valence electrons. The molecule has 1 unspecified atom stereocenters. The first-order valence-electron chi connectivity index (χ1n) is 11.2. The predicted octanol–water partition coefficient (Wildman–Crippen LogP) is 5.05. The summed E-state index contributed by atoms with van der Waals surface area (Å²) in [5.74, 6) is -0.821. The number of aliphatic hydroxyl groups excluding tert-OH is 1. The maximum Gasteiger partial charge on any atom is 0.290 e. The molecule has 2 aromatic carbocycles. The molecule has 6 nitrogen and oxygen atoms in total. The monoisotopic (exact) mass is 454 g/mol. The summed E-state index contributed by atoms with van der Waals surface area (Å²) in [5.41, 5.74) is 2.41. The van der Waals surface area contributed by atoms with E-state index in [0.717, 1.165) is 17.5 Å². The summed E-state index contributed by atoms with van der Waals surface area (Å²) < 4.78 is 5.67. The summed E-state index contributed by atoms with van der Waals surface area (Å²) in [4.78, 5) is 31.9. The van der Waals surface area contributed by atoms with Gasteiger partial charge in [0.1, 0.15) is 5.75 Å². The Kier molecular flexibility index (Phi) is 7.18. The topological polar surface area (TPSA) is 79.7 Å². The van der Waals surface area contributed by atoms with Gasteiger partial charge in [-0.2, -0.15) is 0 Å². The van der Waals surface area contributed by atoms with Crippen molar-refractivity contribution in [2.75, 3.05) is 6.61 Å². The average molecular weight is 455 g/mol. The molecular formula is C28H26N2O4. The molecule has 0 aliphatic carbocycles. The van der Waals surface area contributed by atoms with Crippen molar-refractivity contribution in [2.45, 2.75) is 25.9 Å². The molecule has 1 aliphatic rings. The molecule has 1 N–H and O–H groups in total. The van der Waals surface area contributed by atoms with E-state index >= 15 is 0 Å². The van der Waals surface area contributed by atoms with Crippen LogP contribution in [0.15, 0.2) is 96.5 Å². The number of ketones is 1. The summed E-state index contributed by atoms with van der Waals surface area (Å²) >= 11 is 0. The number of aromatic nitrogens is 1. The first-order valence-corrected chi connectivity index (χ1v) is 11.2. The SMILES string of the molecule is CCCOc1ccc(C2C(C(=O)C=Cc3ccccc3)=C(O)C(=O)N2Cc2cccnc2)cc1. The van der Waals surface area contributed by atoms with Crippen LogP contribution >= 0.6 is 0 Å². The van der Waals surface area contributed by atoms with Crippen molar-refractivity contribution in [1.29, 1.82) is 0 Å². The number of pyridine rings is 1. The summed E-state index contributed by atoms with van der Waals surface area (Å²) in [7, 11) is 0. The third kappa shape index (κ3) is 5.07. The second-order valence-electron chi connectivity index (χ2n) is 7.98. The first-order chi connectivity index (χ1) is 16.6. The van der Waals surface area contributed by atoms with Gasteiger partial charge in [0.2, 0.25) is 0 Å². The van der Waals surface area contributed by atoms with E-state index in [2.05, 4.69) is 4.98 Å². The Morgan fingerprint density at radius 3 is 2.53 bits per heavy atom. The summed E-state index contributed by atoms with van der Waals surface area (Å²) in [6.07, 6.45) is 7.28. The molecule has 3 aromatic rings. The normalized spacial score (nSPS) is 15.9. The number of amides is 1. The Bertz CT molecular complexity index is 1200. The number of carbonyl (C=O) groups excluding carboxylic acids is 2. The molecule has 1 aliphatic heterocycles. The van der Waals surface area contributed by atoms with Crippen LogP contribution in [0.5, 0.6) is 5.75 Å². The van der Waals surface area contributed by atoms with Crippen LogP contribution in [-0.4, -0.2) is 33.3 Å². The fourth-order valence-corrected chi connectivity index (χ4v) is 3.90. The number of aliphatic hydroxyl groups is 1. The van der Waals surface area contributed by atoms with E-state index in [4.69, 9.17) is 4.74 Å². The van der Waals surface area contributed by atoms with Crippen molar-refractivity contribution in [1.82, 2.24) is 9.88 Å². The van der Waals surface area contributed by atoms with Crippen LogP contribution in [0.4, 0.5) is 0 Å². The largest absolute Gasteiger partial charge is 0.503 e. The van der Waals surface area contributed by atoms with Crippen LogP contribution in [0.1, 0.15) is 36.1 Å². The highest BCUT2D eigenvalue weighted by Gasteiger charge is 2.42. The Hall–Kier alpha value is -4.19. The first kappa shape index (κ1) is 23.0. The summed E-state index contributed by atoms with van der Waals surface area (Å²) in [6, 6.07) is 19.6. The van der Waals surface area contributed by atoms with Gasteiger partial charge in [-0.25, -0.2) is 0 Å². The van der Waals surface area contributed by atoms with Gasteiger partial charge < -0.3 is 14.7 Å². The molecule has 0 fully saturated rings. The molecular weight excluding hydrogens is 428 g/mol. The smallest absolute Gasteiger partial charge is 0.290 e. The number of rotatable bonds is 9. The van der Waals surface area contributed by atoms with E-state index in [1.165, 1.54) is 11.0 Å². The number of ether oxygens (including phenoxy) is 1. The zero-order valence-electron chi connectivity index (χ0n) is 18.9. The van der Waals surface area contributed by atoms with Gasteiger partial charge in [0.25, 0.3) is 5.91 Å². The summed E-state index contributed by atoms with van der Waals surface area (Å²) in [5, 5.41) is 10.8. The van der Waals surface area contributed by atoms with Gasteiger partial charge >= 0.3 is 0 Å². The highest BCUT2D eigenvalue weighted by atomic mass is 16.5. The maximum atomic E-state index is 13.2. The second kappa shape index (κ2) is 10.6. The van der Waals surface area contributed by atoms with E-state index in [1.54, 1.807) is 24.5 Å². The van der Waals surface area contributed by atoms with Gasteiger partial charge in [-0.05, 0) is 47.4 Å². The fourth-order valence-electron chi connectivity index (χ4n) is 3.90. The van der Waals surface area contributed by atoms with Crippen molar-refractivity contribution in [2.24, 2.45) is 0 Å². The Labute approximate surface area is 198 Å². The van der Waals surface area contributed by atoms with Crippen molar-refractivity contribution < 1.29 is 19.4 Å². The van der Waals surface area contributed by atoms with Gasteiger partial charge in [0, 0.05) is 18.9 Å². The lowest BCUT2D eigenvalue weighted by Gasteiger charge is -2.26. The molecule has 34 heavy (non-hydrogen) atoms. The number of benzene rings is 2. The molecule has 0 saturated carbocycles. The lowest BCUT2D eigenvalue weighted by Crippen LogP contribution is -2.30. The van der Waals surface area contributed by atoms with E-state index in [9.17, 15) is 14.7 Å². The molecule has 4 rings (SSSR count). The molecule has 0 spiro atoms. The van der Waals surface area contributed by atoms with Gasteiger partial charge in [-0.1, -0.05) is 61.5 Å². The van der Waals surface area contributed by atoms with Gasteiger partial charge in [0.05, 0.1) is 18.2 Å². The van der Waals surface area contributed by atoms with E-state index in [1.807, 2.05) is 67.6 Å². The van der Waals surface area contributed by atoms with Crippen molar-refractivity contribution >= 4 is 17.8 Å². The molecule has 2 heterocycles. The third-order valence-electron chi connectivity index (χ3n) is 5.54. The second-order valence-corrected chi connectivity index (χ2v) is 7.98. The average Bonchev–Trinajstić information content (AvgIpc) is 3.12. The molecule has 1 atom stereocenters. The molecule has 0 saturated heterocycles. The van der Waals surface area contributed by atoms with Gasteiger partial charge in [0.15, 0.2) is 11.5 Å². The highest BCUT2D eigenvalue weighted by Crippen LogP contribution is 2.39. The standard InChI is InChI=1S/C28H26N2O4/c1-2-17-34-23-13-11-22(12-14-23)26-25(24(31)15-10-20-7-4-3-5-8-20)27(32)28(33)30(26)19-21-9-6-16-29-18-21/h3-16,18,26,32H,2,17,19H2,1H3. The Morgan fingerprint density at radius 2 is 1.85 bits per heavy atom. The highest BCUT2D eigenvalue weighted by molar-refractivity contribution is 6.14. The van der Waals surface area contributed by atoms with Crippen LogP contribution in [0.2, 0.25) is 0 Å². The minimum atomic E-state index is -0.735. The molecule has 1 aromatic heterocycles. The lowest BCUT2D eigenvalue weighted by atomic mass is 9.95. The number of carbonyl (C=O) groups is 2. The minimum Gasteiger partial charge on any atom is -0.503 e. The number of hydrogen-bond donors (Lipinski definition) is 1. The molecule has 0 bridgehead atoms. The Morgan fingerprint density at radius 1 is 1.09 bits per heavy atom. The van der Waals surface area contributed by atoms with Crippen LogP contribution in [0, 0.1) is 0 Å². The fraction of sp³-hybridized carbons (Fsp3) is 0.179. The molecule has 0 radical (unpaired) electrons. The lowest BCUT2D eigenvalue weighted by molar-refractivity contribution is -0.130. The molecule has 6 heteroatoms. The minimum absolute atomic E-state index is 0.0586. The maximum absolute atomic E-state index is 13.2. The van der Waals surface area contributed by atoms with Crippen molar-refractivity contribution in [3.8, 4) is 5.75 Å². The summed E-state index contributed by atoms with van der Waals surface area (Å²) in [6.45, 7) is 2.83. The molecule has 1 amide bonds. The predicted molar refractivity (Wildman–Crippen MR) is 130 cm³/mol. The van der Waals surface area contributed by atoms with Crippen LogP contribution in [0.3, 0.4) is 0 Å². The zero-order chi connectivity index (χ0) is 23.9.